The quantitative estimate of drug-likeness (QED) is 0.849. The summed E-state index contributed by atoms with van der Waals surface area (Å²) in [6.07, 6.45) is 2.15. The van der Waals surface area contributed by atoms with Crippen molar-refractivity contribution in [3.05, 3.63) is 23.8 Å². The van der Waals surface area contributed by atoms with Crippen molar-refractivity contribution in [3.63, 3.8) is 0 Å². The third kappa shape index (κ3) is 2.24. The maximum Gasteiger partial charge on any atom is 0.252 e. The van der Waals surface area contributed by atoms with Crippen LogP contribution >= 0.6 is 0 Å². The maximum atomic E-state index is 12.2. The number of carbonyl (C=O) groups excluding carboxylic acids is 2. The van der Waals surface area contributed by atoms with Crippen molar-refractivity contribution in [1.82, 2.24) is 4.90 Å². The number of nitrogens with zero attached hydrogens (tertiary/aromatic N) is 1. The highest BCUT2D eigenvalue weighted by Gasteiger charge is 2.46. The fourth-order valence-corrected chi connectivity index (χ4v) is 2.65. The van der Waals surface area contributed by atoms with Gasteiger partial charge in [0.2, 0.25) is 5.91 Å². The molecule has 0 spiro atoms. The Hall–Kier alpha value is -2.04. The zero-order valence-electron chi connectivity index (χ0n) is 11.7. The zero-order valence-corrected chi connectivity index (χ0v) is 11.7. The fraction of sp³-hybridized carbons (Fsp3) is 0.467. The Morgan fingerprint density at radius 3 is 2.65 bits per heavy atom. The number of ether oxygens (including phenoxy) is 1. The van der Waals surface area contributed by atoms with Crippen molar-refractivity contribution in [3.8, 4) is 5.75 Å². The highest BCUT2D eigenvalue weighted by Crippen LogP contribution is 2.32. The van der Waals surface area contributed by atoms with Gasteiger partial charge in [-0.15, -0.1) is 0 Å². The van der Waals surface area contributed by atoms with Crippen molar-refractivity contribution < 1.29 is 14.3 Å². The highest BCUT2D eigenvalue weighted by atomic mass is 16.5. The van der Waals surface area contributed by atoms with Gasteiger partial charge in [0, 0.05) is 11.7 Å². The Bertz CT molecular complexity index is 566. The molecule has 1 aliphatic carbocycles. The van der Waals surface area contributed by atoms with Gasteiger partial charge in [-0.25, -0.2) is 0 Å². The molecule has 1 saturated heterocycles. The molecule has 1 N–H and O–H groups in total. The lowest BCUT2D eigenvalue weighted by Crippen LogP contribution is -2.36. The number of carbonyl (C=O) groups is 2. The largest absolute Gasteiger partial charge is 0.496 e. The molecule has 1 aromatic carbocycles. The first-order valence-corrected chi connectivity index (χ1v) is 6.87. The molecule has 3 rings (SSSR count). The molecule has 5 nitrogen and oxygen atoms in total. The van der Waals surface area contributed by atoms with Crippen molar-refractivity contribution in [2.24, 2.45) is 0 Å². The predicted molar refractivity (Wildman–Crippen MR) is 74.6 cm³/mol. The number of nitrogens with one attached hydrogen (secondary N) is 1. The van der Waals surface area contributed by atoms with Crippen molar-refractivity contribution in [2.45, 2.75) is 38.3 Å². The van der Waals surface area contributed by atoms with E-state index in [9.17, 15) is 9.59 Å². The molecule has 0 radical (unpaired) electrons. The summed E-state index contributed by atoms with van der Waals surface area (Å²) < 4.78 is 5.21. The summed E-state index contributed by atoms with van der Waals surface area (Å²) in [5.74, 6) is 0.662. The summed E-state index contributed by atoms with van der Waals surface area (Å²) in [5.41, 5.74) is 1.83. The van der Waals surface area contributed by atoms with E-state index in [2.05, 4.69) is 5.32 Å². The number of likely N-dealkylation sites (tertiary alicyclic amines) is 1. The highest BCUT2D eigenvalue weighted by molar-refractivity contribution is 6.07. The standard InChI is InChI=1S/C15H18N2O3/c1-9-7-10(3-6-13(9)20-2)16-12-8-14(18)17(15(12)19)11-4-5-11/h3,6-7,11-12,16H,4-5,8H2,1-2H3. The van der Waals surface area contributed by atoms with Gasteiger partial charge in [-0.3, -0.25) is 14.5 Å². The second-order valence-corrected chi connectivity index (χ2v) is 5.42. The summed E-state index contributed by atoms with van der Waals surface area (Å²) in [6, 6.07) is 5.37. The average molecular weight is 274 g/mol. The molecule has 0 bridgehead atoms. The number of aryl methyl sites for hydroxylation is 1. The van der Waals surface area contributed by atoms with Crippen LogP contribution in [0.25, 0.3) is 0 Å². The van der Waals surface area contributed by atoms with Gasteiger partial charge >= 0.3 is 0 Å². The van der Waals surface area contributed by atoms with Crippen LogP contribution in [-0.4, -0.2) is 35.9 Å². The Labute approximate surface area is 117 Å². The summed E-state index contributed by atoms with van der Waals surface area (Å²) in [5, 5.41) is 3.16. The predicted octanol–water partition coefficient (Wildman–Crippen LogP) is 1.71. The smallest absolute Gasteiger partial charge is 0.252 e. The Balaban J connectivity index is 1.73. The molecule has 20 heavy (non-hydrogen) atoms. The number of methoxy groups -OCH3 is 1. The van der Waals surface area contributed by atoms with Gasteiger partial charge in [-0.2, -0.15) is 0 Å². The SMILES string of the molecule is COc1ccc(NC2CC(=O)N(C3CC3)C2=O)cc1C. The van der Waals surface area contributed by atoms with E-state index in [1.54, 1.807) is 7.11 Å². The van der Waals surface area contributed by atoms with E-state index >= 15 is 0 Å². The number of hydrogen-bond acceptors (Lipinski definition) is 4. The Kier molecular flexibility index (Phi) is 3.12. The van der Waals surface area contributed by atoms with Crippen LogP contribution in [0.3, 0.4) is 0 Å². The fourth-order valence-electron chi connectivity index (χ4n) is 2.65. The zero-order chi connectivity index (χ0) is 14.3. The van der Waals surface area contributed by atoms with Crippen LogP contribution in [0.15, 0.2) is 18.2 Å². The van der Waals surface area contributed by atoms with E-state index in [1.165, 1.54) is 4.90 Å². The number of anilines is 1. The minimum Gasteiger partial charge on any atom is -0.496 e. The van der Waals surface area contributed by atoms with Gasteiger partial charge in [-0.05, 0) is 43.5 Å². The number of rotatable bonds is 4. The van der Waals surface area contributed by atoms with E-state index < -0.39 is 6.04 Å². The second kappa shape index (κ2) is 4.81. The molecule has 2 fully saturated rings. The normalized spacial score (nSPS) is 22.3. The minimum atomic E-state index is -0.434. The van der Waals surface area contributed by atoms with Crippen LogP contribution in [0.1, 0.15) is 24.8 Å². The van der Waals surface area contributed by atoms with Crippen molar-refractivity contribution >= 4 is 17.5 Å². The van der Waals surface area contributed by atoms with Crippen molar-refractivity contribution in [2.75, 3.05) is 12.4 Å². The minimum absolute atomic E-state index is 0.0553. The molecular formula is C15H18N2O3. The van der Waals surface area contributed by atoms with Crippen LogP contribution in [0.2, 0.25) is 0 Å². The van der Waals surface area contributed by atoms with Gasteiger partial charge in [0.1, 0.15) is 11.8 Å². The number of imide groups is 1. The lowest BCUT2D eigenvalue weighted by Gasteiger charge is -2.16. The second-order valence-electron chi connectivity index (χ2n) is 5.42. The van der Waals surface area contributed by atoms with E-state index in [0.717, 1.165) is 29.8 Å². The topological polar surface area (TPSA) is 58.6 Å². The molecule has 2 aliphatic rings. The summed E-state index contributed by atoms with van der Waals surface area (Å²) in [6.45, 7) is 1.95. The van der Waals surface area contributed by atoms with E-state index in [1.807, 2.05) is 25.1 Å². The number of amides is 2. The number of benzene rings is 1. The van der Waals surface area contributed by atoms with Gasteiger partial charge < -0.3 is 10.1 Å². The third-order valence-corrected chi connectivity index (χ3v) is 3.83. The Morgan fingerprint density at radius 1 is 1.30 bits per heavy atom. The number of hydrogen-bond donors (Lipinski definition) is 1. The lowest BCUT2D eigenvalue weighted by atomic mass is 10.1. The molecule has 2 amide bonds. The van der Waals surface area contributed by atoms with Gasteiger partial charge in [0.15, 0.2) is 0 Å². The first-order chi connectivity index (χ1) is 9.60. The van der Waals surface area contributed by atoms with Crippen LogP contribution in [0.5, 0.6) is 5.75 Å². The first-order valence-electron chi connectivity index (χ1n) is 6.87. The van der Waals surface area contributed by atoms with E-state index in [0.29, 0.717) is 0 Å². The van der Waals surface area contributed by atoms with Crippen LogP contribution in [-0.2, 0) is 9.59 Å². The molecule has 1 heterocycles. The molecule has 1 saturated carbocycles. The van der Waals surface area contributed by atoms with Gasteiger partial charge in [0.25, 0.3) is 5.91 Å². The molecule has 106 valence electrons. The molecule has 1 aliphatic heterocycles. The molecule has 1 unspecified atom stereocenters. The van der Waals surface area contributed by atoms with Crippen molar-refractivity contribution in [1.29, 1.82) is 0 Å². The summed E-state index contributed by atoms with van der Waals surface area (Å²) >= 11 is 0. The molecule has 1 aromatic rings. The monoisotopic (exact) mass is 274 g/mol. The Morgan fingerprint density at radius 2 is 2.05 bits per heavy atom. The first kappa shape index (κ1) is 13.0. The van der Waals surface area contributed by atoms with E-state index in [-0.39, 0.29) is 24.3 Å². The van der Waals surface area contributed by atoms with Gasteiger partial charge in [0.05, 0.1) is 13.5 Å². The summed E-state index contributed by atoms with van der Waals surface area (Å²) in [7, 11) is 1.63. The van der Waals surface area contributed by atoms with E-state index in [4.69, 9.17) is 4.74 Å². The summed E-state index contributed by atoms with van der Waals surface area (Å²) in [4.78, 5) is 25.5. The molecular weight excluding hydrogens is 256 g/mol. The lowest BCUT2D eigenvalue weighted by molar-refractivity contribution is -0.139. The average Bonchev–Trinajstić information content (AvgIpc) is 3.19. The molecule has 5 heteroatoms. The van der Waals surface area contributed by atoms with Crippen LogP contribution in [0, 0.1) is 6.92 Å². The molecule has 0 aromatic heterocycles. The van der Waals surface area contributed by atoms with Crippen LogP contribution in [0.4, 0.5) is 5.69 Å². The maximum absolute atomic E-state index is 12.2. The molecule has 1 atom stereocenters. The van der Waals surface area contributed by atoms with Crippen LogP contribution < -0.4 is 10.1 Å². The third-order valence-electron chi connectivity index (χ3n) is 3.83. The van der Waals surface area contributed by atoms with Gasteiger partial charge in [-0.1, -0.05) is 0 Å².